The van der Waals surface area contributed by atoms with Gasteiger partial charge in [0, 0.05) is 38.5 Å². The highest BCUT2D eigenvalue weighted by Gasteiger charge is 2.67. The highest BCUT2D eigenvalue weighted by Crippen LogP contribution is 2.69. The van der Waals surface area contributed by atoms with Crippen LogP contribution in [0.4, 0.5) is 0 Å². The zero-order chi connectivity index (χ0) is 28.0. The Balaban J connectivity index is 1.71. The predicted molar refractivity (Wildman–Crippen MR) is 139 cm³/mol. The molecule has 0 bridgehead atoms. The Hall–Kier alpha value is -2.12. The molecule has 0 saturated heterocycles. The summed E-state index contributed by atoms with van der Waals surface area (Å²) in [5.41, 5.74) is -0.355. The molecule has 0 spiro atoms. The molecule has 0 amide bonds. The summed E-state index contributed by atoms with van der Waals surface area (Å²) in [5, 5.41) is 9.31. The van der Waals surface area contributed by atoms with Gasteiger partial charge in [-0.3, -0.25) is 19.2 Å². The van der Waals surface area contributed by atoms with Gasteiger partial charge in [-0.15, -0.1) is 0 Å². The smallest absolute Gasteiger partial charge is 0.303 e. The van der Waals surface area contributed by atoms with Crippen LogP contribution < -0.4 is 0 Å². The molecule has 214 valence electrons. The molecule has 0 radical (unpaired) electrons. The lowest BCUT2D eigenvalue weighted by Gasteiger charge is -2.64. The van der Waals surface area contributed by atoms with E-state index in [1.807, 2.05) is 0 Å². The topological polar surface area (TPSA) is 116 Å². The second kappa shape index (κ2) is 10.8. The molecule has 8 heteroatoms. The van der Waals surface area contributed by atoms with Crippen LogP contribution in [0.5, 0.6) is 0 Å². The van der Waals surface area contributed by atoms with Crippen molar-refractivity contribution in [3.05, 3.63) is 0 Å². The minimum atomic E-state index is -0.790. The molecule has 4 fully saturated rings. The Labute approximate surface area is 226 Å². The standard InChI is InChI=1S/C30H46O8/c1-16(7-10-27(34)35)22-8-9-23-28-24(15-26(30(22,23)6)38-19(4)33)29(5)12-11-21(36-17(2)31)13-20(29)14-25(28)37-18(3)32/h16,20-26,28H,7-15H2,1-6H3,(H,34,35)/t16-,20+,21-,22?,23?,24?,25-,26+,28?,29+,30-/m1/s1. The van der Waals surface area contributed by atoms with Gasteiger partial charge in [0.2, 0.25) is 0 Å². The van der Waals surface area contributed by atoms with Crippen LogP contribution in [0.25, 0.3) is 0 Å². The molecule has 4 unspecified atom stereocenters. The lowest BCUT2D eigenvalue weighted by atomic mass is 9.43. The van der Waals surface area contributed by atoms with E-state index >= 15 is 0 Å². The zero-order valence-electron chi connectivity index (χ0n) is 23.9. The van der Waals surface area contributed by atoms with Gasteiger partial charge in [-0.2, -0.15) is 0 Å². The summed E-state index contributed by atoms with van der Waals surface area (Å²) in [6.45, 7) is 11.1. The number of esters is 3. The average Bonchev–Trinajstić information content (AvgIpc) is 3.16. The number of aliphatic carboxylic acids is 1. The monoisotopic (exact) mass is 534 g/mol. The number of carboxylic acids is 1. The van der Waals surface area contributed by atoms with E-state index in [2.05, 4.69) is 20.8 Å². The SMILES string of the molecule is CC(=O)O[C@@H]1CC[C@]2(C)C3C[C@H](OC(C)=O)[C@@]4(C)C(CCC4[C@H](C)CCC(=O)O)C3[C@H](OC(C)=O)C[C@@H]2C1. The van der Waals surface area contributed by atoms with Crippen LogP contribution in [-0.2, 0) is 33.4 Å². The maximum Gasteiger partial charge on any atom is 0.303 e. The number of hydrogen-bond acceptors (Lipinski definition) is 7. The molecule has 4 saturated carbocycles. The van der Waals surface area contributed by atoms with Gasteiger partial charge in [0.05, 0.1) is 0 Å². The van der Waals surface area contributed by atoms with Crippen molar-refractivity contribution in [1.29, 1.82) is 0 Å². The minimum absolute atomic E-state index is 0.0370. The number of carbonyl (C=O) groups is 4. The Morgan fingerprint density at radius 2 is 1.53 bits per heavy atom. The predicted octanol–water partition coefficient (Wildman–Crippen LogP) is 5.16. The van der Waals surface area contributed by atoms with Gasteiger partial charge >= 0.3 is 23.9 Å². The maximum atomic E-state index is 12.4. The second-order valence-corrected chi connectivity index (χ2v) is 13.2. The van der Waals surface area contributed by atoms with Crippen molar-refractivity contribution < 1.29 is 38.5 Å². The number of fused-ring (bicyclic) bond motifs is 5. The van der Waals surface area contributed by atoms with E-state index in [0.717, 1.165) is 38.5 Å². The zero-order valence-corrected chi connectivity index (χ0v) is 23.9. The summed E-state index contributed by atoms with van der Waals surface area (Å²) < 4.78 is 17.8. The molecule has 4 rings (SSSR count). The summed E-state index contributed by atoms with van der Waals surface area (Å²) in [5.74, 6) is -0.421. The molecular formula is C30H46O8. The van der Waals surface area contributed by atoms with Gasteiger partial charge in [-0.1, -0.05) is 20.8 Å². The van der Waals surface area contributed by atoms with E-state index in [-0.39, 0.29) is 89.0 Å². The minimum Gasteiger partial charge on any atom is -0.481 e. The van der Waals surface area contributed by atoms with E-state index in [1.54, 1.807) is 0 Å². The van der Waals surface area contributed by atoms with E-state index in [4.69, 9.17) is 14.2 Å². The Bertz CT molecular complexity index is 947. The van der Waals surface area contributed by atoms with Crippen LogP contribution in [0.3, 0.4) is 0 Å². The summed E-state index contributed by atoms with van der Waals surface area (Å²) in [4.78, 5) is 47.7. The van der Waals surface area contributed by atoms with Crippen molar-refractivity contribution in [2.75, 3.05) is 0 Å². The molecule has 4 aliphatic rings. The molecule has 11 atom stereocenters. The van der Waals surface area contributed by atoms with Crippen LogP contribution >= 0.6 is 0 Å². The van der Waals surface area contributed by atoms with Crippen molar-refractivity contribution in [2.45, 2.75) is 118 Å². The summed E-state index contributed by atoms with van der Waals surface area (Å²) in [7, 11) is 0. The number of hydrogen-bond donors (Lipinski definition) is 1. The van der Waals surface area contributed by atoms with Crippen molar-refractivity contribution in [3.8, 4) is 0 Å². The number of carboxylic acid groups (broad SMARTS) is 1. The fraction of sp³-hybridized carbons (Fsp3) is 0.867. The van der Waals surface area contributed by atoms with Gasteiger partial charge < -0.3 is 19.3 Å². The first kappa shape index (κ1) is 28.9. The first-order chi connectivity index (χ1) is 17.8. The highest BCUT2D eigenvalue weighted by atomic mass is 16.6. The first-order valence-corrected chi connectivity index (χ1v) is 14.5. The van der Waals surface area contributed by atoms with Crippen LogP contribution in [0, 0.1) is 46.3 Å². The molecule has 0 aromatic carbocycles. The summed E-state index contributed by atoms with van der Waals surface area (Å²) in [6, 6.07) is 0. The molecular weight excluding hydrogens is 488 g/mol. The van der Waals surface area contributed by atoms with Gasteiger partial charge in [0.25, 0.3) is 0 Å². The Kier molecular flexibility index (Phi) is 8.21. The molecule has 0 aromatic rings. The molecule has 38 heavy (non-hydrogen) atoms. The molecule has 4 aliphatic carbocycles. The third-order valence-electron chi connectivity index (χ3n) is 11.2. The van der Waals surface area contributed by atoms with Crippen molar-refractivity contribution in [1.82, 2.24) is 0 Å². The van der Waals surface area contributed by atoms with Gasteiger partial charge in [0.1, 0.15) is 18.3 Å². The molecule has 8 nitrogen and oxygen atoms in total. The van der Waals surface area contributed by atoms with Crippen LogP contribution in [0.2, 0.25) is 0 Å². The van der Waals surface area contributed by atoms with E-state index in [1.165, 1.54) is 20.8 Å². The largest absolute Gasteiger partial charge is 0.481 e. The Morgan fingerprint density at radius 1 is 0.868 bits per heavy atom. The number of carbonyl (C=O) groups excluding carboxylic acids is 3. The van der Waals surface area contributed by atoms with Gasteiger partial charge in [-0.05, 0) is 86.4 Å². The lowest BCUT2D eigenvalue weighted by Crippen LogP contribution is -2.63. The van der Waals surface area contributed by atoms with Crippen LogP contribution in [0.1, 0.15) is 99.3 Å². The molecule has 0 aromatic heterocycles. The van der Waals surface area contributed by atoms with Crippen molar-refractivity contribution in [3.63, 3.8) is 0 Å². The molecule has 0 aliphatic heterocycles. The first-order valence-electron chi connectivity index (χ1n) is 14.5. The maximum absolute atomic E-state index is 12.4. The van der Waals surface area contributed by atoms with Gasteiger partial charge in [0.15, 0.2) is 0 Å². The van der Waals surface area contributed by atoms with E-state index < -0.39 is 5.97 Å². The molecule has 1 N–H and O–H groups in total. The van der Waals surface area contributed by atoms with E-state index in [9.17, 15) is 24.3 Å². The highest BCUT2D eigenvalue weighted by molar-refractivity contribution is 5.67. The van der Waals surface area contributed by atoms with Gasteiger partial charge in [-0.25, -0.2) is 0 Å². The third-order valence-corrected chi connectivity index (χ3v) is 11.2. The lowest BCUT2D eigenvalue weighted by molar-refractivity contribution is -0.224. The summed E-state index contributed by atoms with van der Waals surface area (Å²) >= 11 is 0. The third kappa shape index (κ3) is 5.21. The average molecular weight is 535 g/mol. The Morgan fingerprint density at radius 3 is 2.13 bits per heavy atom. The molecule has 0 heterocycles. The number of ether oxygens (including phenoxy) is 3. The fourth-order valence-corrected chi connectivity index (χ4v) is 9.67. The normalized spacial score (nSPS) is 42.6. The number of rotatable bonds is 7. The van der Waals surface area contributed by atoms with Crippen LogP contribution in [-0.4, -0.2) is 47.3 Å². The van der Waals surface area contributed by atoms with Crippen LogP contribution in [0.15, 0.2) is 0 Å². The van der Waals surface area contributed by atoms with Crippen molar-refractivity contribution in [2.24, 2.45) is 46.3 Å². The second-order valence-electron chi connectivity index (χ2n) is 13.2. The fourth-order valence-electron chi connectivity index (χ4n) is 9.67. The van der Waals surface area contributed by atoms with Crippen molar-refractivity contribution >= 4 is 23.9 Å². The quantitative estimate of drug-likeness (QED) is 0.352. The van der Waals surface area contributed by atoms with E-state index in [0.29, 0.717) is 12.8 Å². The summed E-state index contributed by atoms with van der Waals surface area (Å²) in [6.07, 6.45) is 5.93.